The number of aliphatic hydroxyl groups excluding tert-OH is 1. The van der Waals surface area contributed by atoms with Gasteiger partial charge in [0.25, 0.3) is 0 Å². The van der Waals surface area contributed by atoms with Crippen LogP contribution in [0, 0.1) is 5.92 Å². The van der Waals surface area contributed by atoms with Crippen LogP contribution < -0.4 is 5.32 Å². The normalized spacial score (nSPS) is 13.7. The minimum absolute atomic E-state index is 0.218. The number of methoxy groups -OCH3 is 1. The number of hydrogen-bond donors (Lipinski definition) is 2. The van der Waals surface area contributed by atoms with Gasteiger partial charge in [-0.25, -0.2) is 4.79 Å². The maximum absolute atomic E-state index is 11.9. The Morgan fingerprint density at radius 3 is 2.23 bits per heavy atom. The van der Waals surface area contributed by atoms with E-state index in [4.69, 9.17) is 4.74 Å². The zero-order valence-corrected chi connectivity index (χ0v) is 14.6. The lowest BCUT2D eigenvalue weighted by Gasteiger charge is -2.19. The molecule has 0 fully saturated rings. The van der Waals surface area contributed by atoms with Crippen molar-refractivity contribution in [3.05, 3.63) is 0 Å². The van der Waals surface area contributed by atoms with Crippen LogP contribution in [0.4, 0.5) is 0 Å². The molecule has 0 aliphatic carbocycles. The van der Waals surface area contributed by atoms with Gasteiger partial charge in [-0.1, -0.05) is 59.3 Å². The van der Waals surface area contributed by atoms with E-state index in [-0.39, 0.29) is 5.92 Å². The highest BCUT2D eigenvalue weighted by atomic mass is 16.5. The fourth-order valence-electron chi connectivity index (χ4n) is 2.34. The van der Waals surface area contributed by atoms with Crippen LogP contribution in [-0.2, 0) is 14.3 Å². The Morgan fingerprint density at radius 2 is 1.68 bits per heavy atom. The van der Waals surface area contributed by atoms with Crippen LogP contribution in [0.25, 0.3) is 0 Å². The van der Waals surface area contributed by atoms with Crippen LogP contribution in [0.5, 0.6) is 0 Å². The largest absolute Gasteiger partial charge is 0.467 e. The van der Waals surface area contributed by atoms with Crippen molar-refractivity contribution >= 4 is 11.9 Å². The second kappa shape index (κ2) is 12.4. The van der Waals surface area contributed by atoms with Gasteiger partial charge in [0.15, 0.2) is 0 Å². The van der Waals surface area contributed by atoms with Crippen molar-refractivity contribution in [2.75, 3.05) is 7.11 Å². The van der Waals surface area contributed by atoms with E-state index < -0.39 is 24.0 Å². The fourth-order valence-corrected chi connectivity index (χ4v) is 2.34. The zero-order chi connectivity index (χ0) is 17.0. The average molecular weight is 315 g/mol. The van der Waals surface area contributed by atoms with E-state index in [1.54, 1.807) is 0 Å². The van der Waals surface area contributed by atoms with Crippen molar-refractivity contribution in [1.29, 1.82) is 0 Å². The molecule has 0 aliphatic rings. The van der Waals surface area contributed by atoms with Crippen molar-refractivity contribution in [3.8, 4) is 0 Å². The number of aliphatic hydroxyl groups is 1. The van der Waals surface area contributed by atoms with Crippen molar-refractivity contribution in [1.82, 2.24) is 5.32 Å². The Morgan fingerprint density at radius 1 is 1.09 bits per heavy atom. The third-order valence-electron chi connectivity index (χ3n) is 3.65. The van der Waals surface area contributed by atoms with E-state index in [1.165, 1.54) is 26.4 Å². The highest BCUT2D eigenvalue weighted by Crippen LogP contribution is 2.10. The van der Waals surface area contributed by atoms with Gasteiger partial charge in [0.2, 0.25) is 5.91 Å². The Balaban J connectivity index is 4.23. The molecule has 5 nitrogen and oxygen atoms in total. The summed E-state index contributed by atoms with van der Waals surface area (Å²) in [5, 5.41) is 12.4. The number of rotatable bonds is 12. The van der Waals surface area contributed by atoms with Crippen LogP contribution in [0.3, 0.4) is 0 Å². The Labute approximate surface area is 134 Å². The van der Waals surface area contributed by atoms with E-state index in [9.17, 15) is 14.7 Å². The maximum Gasteiger partial charge on any atom is 0.328 e. The third-order valence-corrected chi connectivity index (χ3v) is 3.65. The van der Waals surface area contributed by atoms with E-state index in [1.807, 2.05) is 13.8 Å². The Hall–Kier alpha value is -1.10. The number of unbranched alkanes of at least 4 members (excludes halogenated alkanes) is 5. The van der Waals surface area contributed by atoms with Gasteiger partial charge in [-0.3, -0.25) is 4.79 Å². The maximum atomic E-state index is 11.9. The van der Waals surface area contributed by atoms with E-state index in [0.717, 1.165) is 19.3 Å². The Kier molecular flexibility index (Phi) is 11.8. The summed E-state index contributed by atoms with van der Waals surface area (Å²) in [6.07, 6.45) is 6.56. The summed E-state index contributed by atoms with van der Waals surface area (Å²) in [7, 11) is 1.31. The van der Waals surface area contributed by atoms with Gasteiger partial charge in [-0.2, -0.15) is 0 Å². The summed E-state index contributed by atoms with van der Waals surface area (Å²) < 4.78 is 4.73. The van der Waals surface area contributed by atoms with Gasteiger partial charge in [0, 0.05) is 0 Å². The van der Waals surface area contributed by atoms with E-state index in [2.05, 4.69) is 12.2 Å². The minimum atomic E-state index is -1.07. The molecule has 0 rings (SSSR count). The second-order valence-corrected chi connectivity index (χ2v) is 6.29. The summed E-state index contributed by atoms with van der Waals surface area (Å²) in [4.78, 5) is 23.7. The molecule has 2 atom stereocenters. The summed E-state index contributed by atoms with van der Waals surface area (Å²) in [6, 6.07) is -0.662. The van der Waals surface area contributed by atoms with Crippen molar-refractivity contribution in [2.45, 2.75) is 84.3 Å². The van der Waals surface area contributed by atoms with Gasteiger partial charge < -0.3 is 15.2 Å². The molecule has 0 aromatic rings. The molecule has 0 aromatic carbocycles. The highest BCUT2D eigenvalue weighted by molar-refractivity contribution is 5.86. The first-order valence-electron chi connectivity index (χ1n) is 8.48. The SMILES string of the molecule is CCCCCCCC[C@H](NC(=O)[C@H](O)CC(C)C)C(=O)OC. The molecule has 22 heavy (non-hydrogen) atoms. The average Bonchev–Trinajstić information content (AvgIpc) is 2.47. The number of amides is 1. The number of hydrogen-bond acceptors (Lipinski definition) is 4. The first kappa shape index (κ1) is 20.9. The number of esters is 1. The summed E-state index contributed by atoms with van der Waals surface area (Å²) >= 11 is 0. The summed E-state index contributed by atoms with van der Waals surface area (Å²) in [6.45, 7) is 6.04. The molecule has 2 N–H and O–H groups in total. The molecular formula is C17H33NO4. The van der Waals surface area contributed by atoms with Gasteiger partial charge in [0.05, 0.1) is 7.11 Å². The molecule has 0 saturated carbocycles. The topological polar surface area (TPSA) is 75.6 Å². The number of nitrogens with one attached hydrogen (secondary N) is 1. The molecule has 0 spiro atoms. The molecule has 0 radical (unpaired) electrons. The number of carbonyl (C=O) groups excluding carboxylic acids is 2. The third kappa shape index (κ3) is 9.77. The fraction of sp³-hybridized carbons (Fsp3) is 0.882. The lowest BCUT2D eigenvalue weighted by molar-refractivity contribution is -0.146. The predicted molar refractivity (Wildman–Crippen MR) is 87.4 cm³/mol. The predicted octanol–water partition coefficient (Wildman–Crippen LogP) is 2.80. The molecule has 0 aliphatic heterocycles. The van der Waals surface area contributed by atoms with Crippen molar-refractivity contribution in [2.24, 2.45) is 5.92 Å². The van der Waals surface area contributed by atoms with Crippen LogP contribution >= 0.6 is 0 Å². The smallest absolute Gasteiger partial charge is 0.328 e. The number of carbonyl (C=O) groups is 2. The molecule has 5 heteroatoms. The van der Waals surface area contributed by atoms with E-state index >= 15 is 0 Å². The van der Waals surface area contributed by atoms with E-state index in [0.29, 0.717) is 12.8 Å². The van der Waals surface area contributed by atoms with Crippen LogP contribution in [0.2, 0.25) is 0 Å². The first-order chi connectivity index (χ1) is 10.4. The second-order valence-electron chi connectivity index (χ2n) is 6.29. The Bertz CT molecular complexity index is 318. The monoisotopic (exact) mass is 315 g/mol. The molecule has 0 bridgehead atoms. The molecule has 0 saturated heterocycles. The molecule has 130 valence electrons. The first-order valence-corrected chi connectivity index (χ1v) is 8.48. The molecule has 0 unspecified atom stereocenters. The lowest BCUT2D eigenvalue weighted by Crippen LogP contribution is -2.46. The zero-order valence-electron chi connectivity index (χ0n) is 14.6. The quantitative estimate of drug-likeness (QED) is 0.429. The van der Waals surface area contributed by atoms with Crippen LogP contribution in [0.15, 0.2) is 0 Å². The molecular weight excluding hydrogens is 282 g/mol. The summed E-state index contributed by atoms with van der Waals surface area (Å²) in [5.74, 6) is -0.718. The van der Waals surface area contributed by atoms with Gasteiger partial charge in [-0.05, 0) is 18.8 Å². The van der Waals surface area contributed by atoms with Gasteiger partial charge in [0.1, 0.15) is 12.1 Å². The van der Waals surface area contributed by atoms with Crippen molar-refractivity contribution < 1.29 is 19.4 Å². The summed E-state index contributed by atoms with van der Waals surface area (Å²) in [5.41, 5.74) is 0. The lowest BCUT2D eigenvalue weighted by atomic mass is 10.0. The molecule has 0 aromatic heterocycles. The van der Waals surface area contributed by atoms with Crippen LogP contribution in [0.1, 0.15) is 72.1 Å². The highest BCUT2D eigenvalue weighted by Gasteiger charge is 2.24. The standard InChI is InChI=1S/C17H33NO4/c1-5-6-7-8-9-10-11-14(17(21)22-4)18-16(20)15(19)12-13(2)3/h13-15,19H,5-12H2,1-4H3,(H,18,20)/t14-,15+/m0/s1. The number of ether oxygens (including phenoxy) is 1. The van der Waals surface area contributed by atoms with Gasteiger partial charge in [-0.15, -0.1) is 0 Å². The minimum Gasteiger partial charge on any atom is -0.467 e. The van der Waals surface area contributed by atoms with Crippen LogP contribution in [-0.4, -0.2) is 36.2 Å². The van der Waals surface area contributed by atoms with Crippen molar-refractivity contribution in [3.63, 3.8) is 0 Å². The van der Waals surface area contributed by atoms with Gasteiger partial charge >= 0.3 is 5.97 Å². The molecule has 1 amide bonds. The molecule has 0 heterocycles.